The van der Waals surface area contributed by atoms with Crippen LogP contribution < -0.4 is 4.74 Å². The van der Waals surface area contributed by atoms with Gasteiger partial charge in [-0.15, -0.1) is 0 Å². The van der Waals surface area contributed by atoms with Crippen LogP contribution >= 0.6 is 0 Å². The van der Waals surface area contributed by atoms with Gasteiger partial charge in [-0.05, 0) is 49.9 Å². The Balaban J connectivity index is 1.97. The molecule has 1 unspecified atom stereocenters. The van der Waals surface area contributed by atoms with E-state index in [9.17, 15) is 4.79 Å². The van der Waals surface area contributed by atoms with Crippen molar-refractivity contribution < 1.29 is 14.3 Å². The third kappa shape index (κ3) is 3.33. The Kier molecular flexibility index (Phi) is 4.76. The number of ether oxygens (including phenoxy) is 2. The molecule has 3 heteroatoms. The van der Waals surface area contributed by atoms with Crippen molar-refractivity contribution in [2.24, 2.45) is 0 Å². The van der Waals surface area contributed by atoms with Gasteiger partial charge in [-0.3, -0.25) is 4.79 Å². The first kappa shape index (κ1) is 13.1. The van der Waals surface area contributed by atoms with E-state index >= 15 is 0 Å². The predicted molar refractivity (Wildman–Crippen MR) is 70.1 cm³/mol. The second kappa shape index (κ2) is 6.55. The summed E-state index contributed by atoms with van der Waals surface area (Å²) in [5, 5.41) is 0. The van der Waals surface area contributed by atoms with Gasteiger partial charge in [0.25, 0.3) is 0 Å². The maximum atomic E-state index is 12.2. The summed E-state index contributed by atoms with van der Waals surface area (Å²) in [6.45, 7) is 3.48. The molecule has 1 saturated heterocycles. The van der Waals surface area contributed by atoms with Gasteiger partial charge in [0.1, 0.15) is 11.9 Å². The van der Waals surface area contributed by atoms with Crippen molar-refractivity contribution in [1.82, 2.24) is 0 Å². The van der Waals surface area contributed by atoms with Gasteiger partial charge in [-0.2, -0.15) is 0 Å². The maximum Gasteiger partial charge on any atom is 0.191 e. The third-order valence-electron chi connectivity index (χ3n) is 3.08. The minimum atomic E-state index is -0.249. The molecular weight excluding hydrogens is 228 g/mol. The van der Waals surface area contributed by atoms with Crippen LogP contribution in [0, 0.1) is 0 Å². The van der Waals surface area contributed by atoms with E-state index in [2.05, 4.69) is 6.92 Å². The Morgan fingerprint density at radius 3 is 2.72 bits per heavy atom. The number of Topliss-reactive ketones (excluding diaryl/α,β-unsaturated/α-hetero) is 1. The molecule has 18 heavy (non-hydrogen) atoms. The predicted octanol–water partition coefficient (Wildman–Crippen LogP) is 3.23. The van der Waals surface area contributed by atoms with E-state index in [0.717, 1.165) is 31.4 Å². The zero-order valence-electron chi connectivity index (χ0n) is 10.9. The highest BCUT2D eigenvalue weighted by molar-refractivity contribution is 5.99. The Morgan fingerprint density at radius 2 is 2.11 bits per heavy atom. The zero-order valence-corrected chi connectivity index (χ0v) is 10.9. The lowest BCUT2D eigenvalue weighted by atomic mass is 10.00. The topological polar surface area (TPSA) is 35.5 Å². The number of hydrogen-bond donors (Lipinski definition) is 0. The molecule has 0 radical (unpaired) electrons. The summed E-state index contributed by atoms with van der Waals surface area (Å²) >= 11 is 0. The van der Waals surface area contributed by atoms with Gasteiger partial charge in [0, 0.05) is 12.2 Å². The molecule has 3 nitrogen and oxygen atoms in total. The molecule has 1 atom stereocenters. The van der Waals surface area contributed by atoms with E-state index in [1.165, 1.54) is 0 Å². The van der Waals surface area contributed by atoms with Gasteiger partial charge in [-0.1, -0.05) is 6.92 Å². The van der Waals surface area contributed by atoms with Crippen molar-refractivity contribution in [3.8, 4) is 5.75 Å². The van der Waals surface area contributed by atoms with Gasteiger partial charge in [-0.25, -0.2) is 0 Å². The van der Waals surface area contributed by atoms with Crippen LogP contribution in [0.5, 0.6) is 5.75 Å². The minimum Gasteiger partial charge on any atom is -0.494 e. The van der Waals surface area contributed by atoms with Gasteiger partial charge >= 0.3 is 0 Å². The number of rotatable bonds is 5. The molecular formula is C15H20O3. The number of hydrogen-bond acceptors (Lipinski definition) is 3. The van der Waals surface area contributed by atoms with Gasteiger partial charge in [0.15, 0.2) is 5.78 Å². The molecule has 1 aliphatic heterocycles. The molecule has 0 bridgehead atoms. The molecule has 0 amide bonds. The first-order valence-corrected chi connectivity index (χ1v) is 6.70. The summed E-state index contributed by atoms with van der Waals surface area (Å²) in [6, 6.07) is 7.36. The number of carbonyl (C=O) groups is 1. The summed E-state index contributed by atoms with van der Waals surface area (Å²) in [7, 11) is 0. The maximum absolute atomic E-state index is 12.2. The number of benzene rings is 1. The van der Waals surface area contributed by atoms with E-state index in [1.807, 2.05) is 24.3 Å². The average Bonchev–Trinajstić information content (AvgIpc) is 2.46. The average molecular weight is 248 g/mol. The smallest absolute Gasteiger partial charge is 0.191 e. The SMILES string of the molecule is CCCOc1ccc(C(=O)C2CCCCO2)cc1. The molecule has 1 fully saturated rings. The van der Waals surface area contributed by atoms with E-state index in [-0.39, 0.29) is 11.9 Å². The standard InChI is InChI=1S/C15H20O3/c1-2-10-17-13-8-6-12(7-9-13)15(16)14-5-3-4-11-18-14/h6-9,14H,2-5,10-11H2,1H3. The van der Waals surface area contributed by atoms with Crippen molar-refractivity contribution in [1.29, 1.82) is 0 Å². The Hall–Kier alpha value is -1.35. The van der Waals surface area contributed by atoms with Gasteiger partial charge in [0.05, 0.1) is 6.61 Å². The molecule has 0 spiro atoms. The minimum absolute atomic E-state index is 0.0942. The van der Waals surface area contributed by atoms with Crippen molar-refractivity contribution in [3.63, 3.8) is 0 Å². The Bertz CT molecular complexity index is 377. The van der Waals surface area contributed by atoms with Crippen LogP contribution in [0.15, 0.2) is 24.3 Å². The van der Waals surface area contributed by atoms with Crippen LogP contribution in [0.2, 0.25) is 0 Å². The molecule has 1 aliphatic rings. The highest BCUT2D eigenvalue weighted by Crippen LogP contribution is 2.19. The monoisotopic (exact) mass is 248 g/mol. The molecule has 2 rings (SSSR count). The summed E-state index contributed by atoms with van der Waals surface area (Å²) in [4.78, 5) is 12.2. The fourth-order valence-corrected chi connectivity index (χ4v) is 2.07. The Morgan fingerprint density at radius 1 is 1.33 bits per heavy atom. The normalized spacial score (nSPS) is 19.5. The largest absolute Gasteiger partial charge is 0.494 e. The first-order chi connectivity index (χ1) is 8.81. The Labute approximate surface area is 108 Å². The number of ketones is 1. The van der Waals surface area contributed by atoms with E-state index in [4.69, 9.17) is 9.47 Å². The lowest BCUT2D eigenvalue weighted by molar-refractivity contribution is 0.0186. The molecule has 0 N–H and O–H groups in total. The molecule has 1 aromatic carbocycles. The molecule has 0 saturated carbocycles. The highest BCUT2D eigenvalue weighted by atomic mass is 16.5. The van der Waals surface area contributed by atoms with E-state index < -0.39 is 0 Å². The molecule has 0 aliphatic carbocycles. The summed E-state index contributed by atoms with van der Waals surface area (Å²) in [5.41, 5.74) is 0.714. The van der Waals surface area contributed by atoms with Crippen LogP contribution in [0.3, 0.4) is 0 Å². The summed E-state index contributed by atoms with van der Waals surface area (Å²) in [5.74, 6) is 0.912. The van der Waals surface area contributed by atoms with Crippen LogP contribution in [-0.4, -0.2) is 25.1 Å². The van der Waals surface area contributed by atoms with Crippen LogP contribution in [0.4, 0.5) is 0 Å². The van der Waals surface area contributed by atoms with Crippen molar-refractivity contribution >= 4 is 5.78 Å². The fourth-order valence-electron chi connectivity index (χ4n) is 2.07. The molecule has 98 valence electrons. The lowest BCUT2D eigenvalue weighted by Crippen LogP contribution is -2.28. The molecule has 0 aromatic heterocycles. The quantitative estimate of drug-likeness (QED) is 0.750. The van der Waals surface area contributed by atoms with Crippen molar-refractivity contribution in [2.75, 3.05) is 13.2 Å². The summed E-state index contributed by atoms with van der Waals surface area (Å²) < 4.78 is 11.0. The zero-order chi connectivity index (χ0) is 12.8. The first-order valence-electron chi connectivity index (χ1n) is 6.70. The van der Waals surface area contributed by atoms with E-state index in [1.54, 1.807) is 0 Å². The second-order valence-corrected chi connectivity index (χ2v) is 4.59. The van der Waals surface area contributed by atoms with Gasteiger partial charge in [0.2, 0.25) is 0 Å². The van der Waals surface area contributed by atoms with Crippen molar-refractivity contribution in [2.45, 2.75) is 38.7 Å². The fraction of sp³-hybridized carbons (Fsp3) is 0.533. The van der Waals surface area contributed by atoms with Crippen LogP contribution in [0.1, 0.15) is 43.0 Å². The molecule has 1 heterocycles. The van der Waals surface area contributed by atoms with Crippen LogP contribution in [-0.2, 0) is 4.74 Å². The second-order valence-electron chi connectivity index (χ2n) is 4.59. The molecule has 1 aromatic rings. The number of carbonyl (C=O) groups excluding carboxylic acids is 1. The highest BCUT2D eigenvalue weighted by Gasteiger charge is 2.22. The van der Waals surface area contributed by atoms with Crippen LogP contribution in [0.25, 0.3) is 0 Å². The van der Waals surface area contributed by atoms with E-state index in [0.29, 0.717) is 18.8 Å². The summed E-state index contributed by atoms with van der Waals surface area (Å²) in [6.07, 6.45) is 3.71. The van der Waals surface area contributed by atoms with Crippen molar-refractivity contribution in [3.05, 3.63) is 29.8 Å². The lowest BCUT2D eigenvalue weighted by Gasteiger charge is -2.21. The third-order valence-corrected chi connectivity index (χ3v) is 3.08. The van der Waals surface area contributed by atoms with Gasteiger partial charge < -0.3 is 9.47 Å².